The van der Waals surface area contributed by atoms with Crippen LogP contribution in [0.15, 0.2) is 66.0 Å². The van der Waals surface area contributed by atoms with E-state index in [-0.39, 0.29) is 7.92 Å². The summed E-state index contributed by atoms with van der Waals surface area (Å²) in [6.07, 6.45) is 14.6. The fraction of sp³-hybridized carbons (Fsp3) is 0.517. The lowest BCUT2D eigenvalue weighted by Crippen LogP contribution is -2.23. The lowest BCUT2D eigenvalue weighted by Gasteiger charge is -2.42. The van der Waals surface area contributed by atoms with E-state index in [1.165, 1.54) is 75.3 Å². The van der Waals surface area contributed by atoms with Crippen molar-refractivity contribution >= 4 is 13.5 Å². The van der Waals surface area contributed by atoms with Gasteiger partial charge < -0.3 is 0 Å². The van der Waals surface area contributed by atoms with Crippen LogP contribution in [-0.4, -0.2) is 11.3 Å². The van der Waals surface area contributed by atoms with Gasteiger partial charge in [-0.05, 0) is 64.9 Å². The number of hydrogen-bond acceptors (Lipinski definition) is 0. The molecule has 0 radical (unpaired) electrons. The summed E-state index contributed by atoms with van der Waals surface area (Å²) in [6.45, 7) is 4.95. The maximum absolute atomic E-state index is 2.47. The summed E-state index contributed by atoms with van der Waals surface area (Å²) in [7, 11) is -0.107. The van der Waals surface area contributed by atoms with Gasteiger partial charge in [-0.3, -0.25) is 0 Å². The zero-order chi connectivity index (χ0) is 20.8. The van der Waals surface area contributed by atoms with Gasteiger partial charge in [0, 0.05) is 0 Å². The fourth-order valence-electron chi connectivity index (χ4n) is 5.80. The van der Waals surface area contributed by atoms with E-state index in [9.17, 15) is 0 Å². The van der Waals surface area contributed by atoms with Gasteiger partial charge in [0.25, 0.3) is 0 Å². The van der Waals surface area contributed by atoms with Gasteiger partial charge in [0.15, 0.2) is 0 Å². The lowest BCUT2D eigenvalue weighted by molar-refractivity contribution is 0.484. The highest BCUT2D eigenvalue weighted by atomic mass is 31.1. The topological polar surface area (TPSA) is 0 Å². The second kappa shape index (κ2) is 10.8. The highest BCUT2D eigenvalue weighted by Crippen LogP contribution is 2.64. The minimum absolute atomic E-state index is 0.107. The van der Waals surface area contributed by atoms with Crippen LogP contribution >= 0.6 is 7.92 Å². The molecule has 30 heavy (non-hydrogen) atoms. The van der Waals surface area contributed by atoms with Gasteiger partial charge in [-0.2, -0.15) is 0 Å². The molecule has 0 amide bonds. The van der Waals surface area contributed by atoms with Crippen molar-refractivity contribution in [2.45, 2.75) is 89.4 Å². The Kier molecular flexibility index (Phi) is 7.83. The molecule has 0 nitrogen and oxygen atoms in total. The number of hydrogen-bond donors (Lipinski definition) is 0. The van der Waals surface area contributed by atoms with E-state index in [1.807, 2.05) is 5.31 Å². The Hall–Kier alpha value is -1.39. The van der Waals surface area contributed by atoms with E-state index in [1.54, 1.807) is 5.57 Å². The first kappa shape index (κ1) is 21.8. The molecule has 0 unspecified atom stereocenters. The van der Waals surface area contributed by atoms with Crippen molar-refractivity contribution in [3.05, 3.63) is 77.1 Å². The Labute approximate surface area is 185 Å². The average Bonchev–Trinajstić information content (AvgIpc) is 2.81. The van der Waals surface area contributed by atoms with Crippen LogP contribution in [0.25, 0.3) is 5.57 Å². The van der Waals surface area contributed by atoms with Gasteiger partial charge in [0.05, 0.1) is 0 Å². The van der Waals surface area contributed by atoms with E-state index < -0.39 is 0 Å². The minimum Gasteiger partial charge on any atom is -0.0724 e. The largest absolute Gasteiger partial charge is 0.0724 e. The van der Waals surface area contributed by atoms with Gasteiger partial charge in [-0.1, -0.05) is 121 Å². The van der Waals surface area contributed by atoms with Crippen LogP contribution in [0.2, 0.25) is 0 Å². The number of allylic oxidation sites excluding steroid dienone is 1. The SMILES string of the molecule is CC(C)C(=C(c1ccccc1)c1ccccc1)P(C1CCCCC1)C1CCCCC1. The molecule has 0 atom stereocenters. The molecule has 4 rings (SSSR count). The van der Waals surface area contributed by atoms with Crippen LogP contribution in [0, 0.1) is 5.92 Å². The predicted octanol–water partition coefficient (Wildman–Crippen LogP) is 9.25. The van der Waals surface area contributed by atoms with Crippen molar-refractivity contribution < 1.29 is 0 Å². The molecule has 2 aromatic carbocycles. The van der Waals surface area contributed by atoms with Crippen molar-refractivity contribution in [2.24, 2.45) is 5.92 Å². The molecule has 1 heteroatoms. The highest BCUT2D eigenvalue weighted by Gasteiger charge is 2.36. The Morgan fingerprint density at radius 3 is 1.40 bits per heavy atom. The highest BCUT2D eigenvalue weighted by molar-refractivity contribution is 7.63. The fourth-order valence-corrected chi connectivity index (χ4v) is 10.1. The summed E-state index contributed by atoms with van der Waals surface area (Å²) < 4.78 is 0. The summed E-state index contributed by atoms with van der Waals surface area (Å²) in [5.41, 5.74) is 6.29. The minimum atomic E-state index is -0.107. The van der Waals surface area contributed by atoms with Crippen LogP contribution in [-0.2, 0) is 0 Å². The number of rotatable bonds is 6. The lowest BCUT2D eigenvalue weighted by atomic mass is 9.94. The maximum Gasteiger partial charge on any atom is -0.00718 e. The number of benzene rings is 2. The van der Waals surface area contributed by atoms with Crippen molar-refractivity contribution in [2.75, 3.05) is 0 Å². The first-order valence-electron chi connectivity index (χ1n) is 12.4. The second-order valence-corrected chi connectivity index (χ2v) is 12.4. The molecule has 2 aliphatic carbocycles. The summed E-state index contributed by atoms with van der Waals surface area (Å²) in [5, 5.41) is 1.82. The zero-order valence-electron chi connectivity index (χ0n) is 19.0. The molecule has 0 aromatic heterocycles. The van der Waals surface area contributed by atoms with Crippen LogP contribution in [0.5, 0.6) is 0 Å². The molecule has 160 valence electrons. The third-order valence-electron chi connectivity index (χ3n) is 7.14. The average molecular weight is 419 g/mol. The molecule has 0 aliphatic heterocycles. The smallest absolute Gasteiger partial charge is 0.00718 e. The monoisotopic (exact) mass is 418 g/mol. The summed E-state index contributed by atoms with van der Waals surface area (Å²) in [4.78, 5) is 0. The molecule has 0 heterocycles. The molecular formula is C29H39P. The Balaban J connectivity index is 1.90. The molecule has 0 N–H and O–H groups in total. The summed E-state index contributed by atoms with van der Waals surface area (Å²) in [5.74, 6) is 0.607. The summed E-state index contributed by atoms with van der Waals surface area (Å²) in [6, 6.07) is 22.6. The molecule has 0 spiro atoms. The van der Waals surface area contributed by atoms with E-state index >= 15 is 0 Å². The van der Waals surface area contributed by atoms with Crippen molar-refractivity contribution in [1.29, 1.82) is 0 Å². The van der Waals surface area contributed by atoms with E-state index in [4.69, 9.17) is 0 Å². The molecule has 0 bridgehead atoms. The van der Waals surface area contributed by atoms with Gasteiger partial charge in [0.1, 0.15) is 0 Å². The summed E-state index contributed by atoms with van der Waals surface area (Å²) >= 11 is 0. The maximum atomic E-state index is 2.47. The van der Waals surface area contributed by atoms with E-state index in [0.717, 1.165) is 11.3 Å². The normalized spacial score (nSPS) is 18.7. The zero-order valence-corrected chi connectivity index (χ0v) is 19.9. The second-order valence-electron chi connectivity index (χ2n) is 9.64. The molecule has 0 saturated heterocycles. The van der Waals surface area contributed by atoms with Crippen LogP contribution in [0.1, 0.15) is 89.2 Å². The van der Waals surface area contributed by atoms with E-state index in [0.29, 0.717) is 5.92 Å². The van der Waals surface area contributed by atoms with E-state index in [2.05, 4.69) is 74.5 Å². The Bertz CT molecular complexity index is 733. The standard InChI is InChI=1S/C29H39P/c1-23(2)29(28(24-15-7-3-8-16-24)25-17-9-4-10-18-25)30(26-19-11-5-12-20-26)27-21-13-6-14-22-27/h3-4,7-10,15-18,23,26-27H,5-6,11-14,19-22H2,1-2H3. The third-order valence-corrected chi connectivity index (χ3v) is 11.0. The van der Waals surface area contributed by atoms with Crippen LogP contribution < -0.4 is 0 Å². The molecule has 2 aliphatic rings. The first-order chi connectivity index (χ1) is 14.8. The molecule has 2 fully saturated rings. The molecular weight excluding hydrogens is 379 g/mol. The third kappa shape index (κ3) is 5.08. The van der Waals surface area contributed by atoms with Crippen molar-refractivity contribution in [1.82, 2.24) is 0 Å². The van der Waals surface area contributed by atoms with Gasteiger partial charge in [0.2, 0.25) is 0 Å². The van der Waals surface area contributed by atoms with Gasteiger partial charge >= 0.3 is 0 Å². The quantitative estimate of drug-likeness (QED) is 0.410. The van der Waals surface area contributed by atoms with Gasteiger partial charge in [-0.25, -0.2) is 0 Å². The van der Waals surface area contributed by atoms with Crippen molar-refractivity contribution in [3.8, 4) is 0 Å². The molecule has 2 aromatic rings. The Morgan fingerprint density at radius 2 is 1.03 bits per heavy atom. The predicted molar refractivity (Wildman–Crippen MR) is 134 cm³/mol. The Morgan fingerprint density at radius 1 is 0.633 bits per heavy atom. The van der Waals surface area contributed by atoms with Gasteiger partial charge in [-0.15, -0.1) is 0 Å². The molecule has 2 saturated carbocycles. The van der Waals surface area contributed by atoms with Crippen LogP contribution in [0.3, 0.4) is 0 Å². The van der Waals surface area contributed by atoms with Crippen LogP contribution in [0.4, 0.5) is 0 Å². The van der Waals surface area contributed by atoms with Crippen molar-refractivity contribution in [3.63, 3.8) is 0 Å². The first-order valence-corrected chi connectivity index (χ1v) is 13.9.